The van der Waals surface area contributed by atoms with E-state index in [0.29, 0.717) is 11.5 Å². The van der Waals surface area contributed by atoms with Crippen LogP contribution >= 0.6 is 0 Å². The highest BCUT2D eigenvalue weighted by molar-refractivity contribution is 5.94. The molecule has 154 valence electrons. The van der Waals surface area contributed by atoms with Gasteiger partial charge >= 0.3 is 5.97 Å². The van der Waals surface area contributed by atoms with E-state index in [4.69, 9.17) is 9.47 Å². The van der Waals surface area contributed by atoms with Crippen LogP contribution in [-0.2, 0) is 9.53 Å². The molecule has 3 aromatic rings. The Morgan fingerprint density at radius 1 is 0.867 bits per heavy atom. The van der Waals surface area contributed by atoms with Crippen LogP contribution in [0, 0.1) is 0 Å². The molecule has 0 unspecified atom stereocenters. The summed E-state index contributed by atoms with van der Waals surface area (Å²) < 4.78 is 11.0. The zero-order chi connectivity index (χ0) is 21.2. The number of esters is 1. The van der Waals surface area contributed by atoms with E-state index in [-0.39, 0.29) is 24.1 Å². The standard InChI is InChI=1S/C25H25NO4/c1-2-11-22(19-12-5-3-6-13-19)26-24(27)18-29-25(28)21-16-9-10-17-23(21)30-20-14-7-4-8-15-20/h3-10,12-17,22H,2,11,18H2,1H3,(H,26,27)/t22-/m1/s1. The number of amides is 1. The Balaban J connectivity index is 1.60. The van der Waals surface area contributed by atoms with Crippen molar-refractivity contribution in [3.8, 4) is 11.5 Å². The second-order valence-corrected chi connectivity index (χ2v) is 6.81. The van der Waals surface area contributed by atoms with Gasteiger partial charge in [-0.2, -0.15) is 0 Å². The van der Waals surface area contributed by atoms with Gasteiger partial charge in [-0.3, -0.25) is 4.79 Å². The zero-order valence-corrected chi connectivity index (χ0v) is 16.9. The summed E-state index contributed by atoms with van der Waals surface area (Å²) in [6.45, 7) is 1.71. The number of rotatable bonds is 9. The molecule has 1 N–H and O–H groups in total. The largest absolute Gasteiger partial charge is 0.456 e. The summed E-state index contributed by atoms with van der Waals surface area (Å²) >= 11 is 0. The number of carbonyl (C=O) groups excluding carboxylic acids is 2. The lowest BCUT2D eigenvalue weighted by atomic mass is 10.0. The van der Waals surface area contributed by atoms with Crippen molar-refractivity contribution in [1.29, 1.82) is 0 Å². The van der Waals surface area contributed by atoms with Gasteiger partial charge in [-0.25, -0.2) is 4.79 Å². The van der Waals surface area contributed by atoms with E-state index in [9.17, 15) is 9.59 Å². The first-order valence-electron chi connectivity index (χ1n) is 10.0. The third-order valence-electron chi connectivity index (χ3n) is 4.53. The van der Waals surface area contributed by atoms with Crippen LogP contribution in [0.3, 0.4) is 0 Å². The molecule has 0 aliphatic carbocycles. The Hall–Kier alpha value is -3.60. The molecule has 5 heteroatoms. The van der Waals surface area contributed by atoms with Gasteiger partial charge < -0.3 is 14.8 Å². The number of nitrogens with one attached hydrogen (secondary N) is 1. The summed E-state index contributed by atoms with van der Waals surface area (Å²) in [6, 6.07) is 25.6. The van der Waals surface area contributed by atoms with Crippen molar-refractivity contribution in [3.63, 3.8) is 0 Å². The Kier molecular flexibility index (Phi) is 7.61. The molecule has 0 bridgehead atoms. The predicted octanol–water partition coefficient (Wildman–Crippen LogP) is 5.29. The number of hydrogen-bond acceptors (Lipinski definition) is 4. The van der Waals surface area contributed by atoms with Crippen molar-refractivity contribution in [2.75, 3.05) is 6.61 Å². The van der Waals surface area contributed by atoms with E-state index in [1.54, 1.807) is 36.4 Å². The van der Waals surface area contributed by atoms with E-state index in [1.165, 1.54) is 0 Å². The summed E-state index contributed by atoms with van der Waals surface area (Å²) in [5, 5.41) is 2.95. The molecule has 5 nitrogen and oxygen atoms in total. The molecule has 0 heterocycles. The van der Waals surface area contributed by atoms with Crippen molar-refractivity contribution in [1.82, 2.24) is 5.32 Å². The monoisotopic (exact) mass is 403 g/mol. The van der Waals surface area contributed by atoms with Gasteiger partial charge in [-0.15, -0.1) is 0 Å². The second-order valence-electron chi connectivity index (χ2n) is 6.81. The molecule has 0 aliphatic heterocycles. The van der Waals surface area contributed by atoms with Crippen LogP contribution in [0.5, 0.6) is 11.5 Å². The van der Waals surface area contributed by atoms with Crippen molar-refractivity contribution in [2.45, 2.75) is 25.8 Å². The minimum Gasteiger partial charge on any atom is -0.456 e. The van der Waals surface area contributed by atoms with Crippen molar-refractivity contribution in [2.24, 2.45) is 0 Å². The number of ether oxygens (including phenoxy) is 2. The number of carbonyl (C=O) groups is 2. The van der Waals surface area contributed by atoms with Crippen LogP contribution in [0.15, 0.2) is 84.9 Å². The molecule has 30 heavy (non-hydrogen) atoms. The molecular weight excluding hydrogens is 378 g/mol. The highest BCUT2D eigenvalue weighted by atomic mass is 16.5. The van der Waals surface area contributed by atoms with Gasteiger partial charge in [0.15, 0.2) is 6.61 Å². The molecule has 3 rings (SSSR count). The smallest absolute Gasteiger partial charge is 0.342 e. The van der Waals surface area contributed by atoms with E-state index in [0.717, 1.165) is 18.4 Å². The van der Waals surface area contributed by atoms with E-state index < -0.39 is 5.97 Å². The van der Waals surface area contributed by atoms with E-state index in [1.807, 2.05) is 48.5 Å². The molecular formula is C25H25NO4. The summed E-state index contributed by atoms with van der Waals surface area (Å²) in [5.41, 5.74) is 1.29. The summed E-state index contributed by atoms with van der Waals surface area (Å²) in [4.78, 5) is 25.0. The SMILES string of the molecule is CCC[C@@H](NC(=O)COC(=O)c1ccccc1Oc1ccccc1)c1ccccc1. The highest BCUT2D eigenvalue weighted by Gasteiger charge is 2.18. The molecule has 0 aromatic heterocycles. The van der Waals surface area contributed by atoms with Crippen LogP contribution in [0.2, 0.25) is 0 Å². The maximum atomic E-state index is 12.6. The van der Waals surface area contributed by atoms with Crippen LogP contribution in [0.4, 0.5) is 0 Å². The van der Waals surface area contributed by atoms with Gasteiger partial charge in [0, 0.05) is 0 Å². The topological polar surface area (TPSA) is 64.6 Å². The van der Waals surface area contributed by atoms with Crippen LogP contribution in [-0.4, -0.2) is 18.5 Å². The minimum atomic E-state index is -0.608. The third-order valence-corrected chi connectivity index (χ3v) is 4.53. The van der Waals surface area contributed by atoms with Gasteiger partial charge in [-0.1, -0.05) is 74.0 Å². The van der Waals surface area contributed by atoms with Gasteiger partial charge in [0.2, 0.25) is 0 Å². The lowest BCUT2D eigenvalue weighted by Crippen LogP contribution is -2.32. The molecule has 3 aromatic carbocycles. The molecule has 1 atom stereocenters. The van der Waals surface area contributed by atoms with Gasteiger partial charge in [-0.05, 0) is 36.2 Å². The van der Waals surface area contributed by atoms with Crippen molar-refractivity contribution >= 4 is 11.9 Å². The Labute approximate surface area is 176 Å². The van der Waals surface area contributed by atoms with E-state index in [2.05, 4.69) is 12.2 Å². The summed E-state index contributed by atoms with van der Waals surface area (Å²) in [6.07, 6.45) is 1.72. The first-order valence-corrected chi connectivity index (χ1v) is 10.0. The number of benzene rings is 3. The molecule has 0 radical (unpaired) electrons. The first kappa shape index (κ1) is 21.1. The van der Waals surface area contributed by atoms with Crippen molar-refractivity contribution in [3.05, 3.63) is 96.1 Å². The van der Waals surface area contributed by atoms with Crippen LogP contribution < -0.4 is 10.1 Å². The van der Waals surface area contributed by atoms with Crippen molar-refractivity contribution < 1.29 is 19.1 Å². The zero-order valence-electron chi connectivity index (χ0n) is 16.9. The van der Waals surface area contributed by atoms with Gasteiger partial charge in [0.25, 0.3) is 5.91 Å². The highest BCUT2D eigenvalue weighted by Crippen LogP contribution is 2.25. The average molecular weight is 403 g/mol. The van der Waals surface area contributed by atoms with E-state index >= 15 is 0 Å². The second kappa shape index (κ2) is 10.8. The lowest BCUT2D eigenvalue weighted by molar-refractivity contribution is -0.125. The molecule has 0 fully saturated rings. The fourth-order valence-corrected chi connectivity index (χ4v) is 3.08. The molecule has 0 saturated heterocycles. The Morgan fingerprint density at radius 3 is 2.20 bits per heavy atom. The van der Waals surface area contributed by atoms with Gasteiger partial charge in [0.05, 0.1) is 6.04 Å². The third kappa shape index (κ3) is 5.95. The minimum absolute atomic E-state index is 0.115. The Morgan fingerprint density at radius 2 is 1.50 bits per heavy atom. The fraction of sp³-hybridized carbons (Fsp3) is 0.200. The number of hydrogen-bond donors (Lipinski definition) is 1. The molecule has 1 amide bonds. The summed E-state index contributed by atoms with van der Waals surface area (Å²) in [5.74, 6) is 0.0403. The maximum Gasteiger partial charge on any atom is 0.342 e. The predicted molar refractivity (Wildman–Crippen MR) is 115 cm³/mol. The molecule has 0 saturated carbocycles. The molecule has 0 aliphatic rings. The van der Waals surface area contributed by atoms with Crippen LogP contribution in [0.25, 0.3) is 0 Å². The summed E-state index contributed by atoms with van der Waals surface area (Å²) in [7, 11) is 0. The maximum absolute atomic E-state index is 12.6. The van der Waals surface area contributed by atoms with Crippen LogP contribution in [0.1, 0.15) is 41.7 Å². The Bertz CT molecular complexity index is 957. The lowest BCUT2D eigenvalue weighted by Gasteiger charge is -2.18. The fourth-order valence-electron chi connectivity index (χ4n) is 3.08. The molecule has 0 spiro atoms. The average Bonchev–Trinajstić information content (AvgIpc) is 2.79. The number of para-hydroxylation sites is 2. The quantitative estimate of drug-likeness (QED) is 0.493. The normalized spacial score (nSPS) is 11.4. The van der Waals surface area contributed by atoms with Gasteiger partial charge in [0.1, 0.15) is 17.1 Å². The first-order chi connectivity index (χ1) is 14.7.